The van der Waals surface area contributed by atoms with Gasteiger partial charge in [-0.05, 0) is 44.0 Å². The van der Waals surface area contributed by atoms with Gasteiger partial charge in [0.15, 0.2) is 0 Å². The Kier molecular flexibility index (Phi) is 4.11. The molecule has 0 amide bonds. The fourth-order valence-electron chi connectivity index (χ4n) is 2.51. The van der Waals surface area contributed by atoms with Gasteiger partial charge in [-0.2, -0.15) is 0 Å². The van der Waals surface area contributed by atoms with Crippen molar-refractivity contribution in [3.63, 3.8) is 0 Å². The van der Waals surface area contributed by atoms with Gasteiger partial charge in [-0.15, -0.1) is 0 Å². The molecule has 110 valence electrons. The van der Waals surface area contributed by atoms with E-state index in [1.54, 1.807) is 0 Å². The van der Waals surface area contributed by atoms with E-state index in [0.29, 0.717) is 6.54 Å². The molecule has 0 spiro atoms. The second-order valence-corrected chi connectivity index (χ2v) is 5.18. The summed E-state index contributed by atoms with van der Waals surface area (Å²) in [5, 5.41) is 4.51. The van der Waals surface area contributed by atoms with E-state index in [-0.39, 0.29) is 0 Å². The Morgan fingerprint density at radius 2 is 2.05 bits per heavy atom. The van der Waals surface area contributed by atoms with Gasteiger partial charge in [0.1, 0.15) is 0 Å². The topological polar surface area (TPSA) is 29.9 Å². The number of nitrogens with zero attached hydrogens (tertiary/aromatic N) is 2. The molecular formula is C19H19N3. The number of para-hydroxylation sites is 1. The van der Waals surface area contributed by atoms with Gasteiger partial charge in [-0.1, -0.05) is 24.1 Å². The standard InChI is InChI=1S/C19H19N3/c1-3-22-18(13-16-7-4-5-9-19(16)22)8-6-12-20-17-11-10-15(2)21-14-17/h4-5,7,9-11,13-14,20H,3,12H2,1-2H3. The van der Waals surface area contributed by atoms with Crippen LogP contribution in [0.15, 0.2) is 48.7 Å². The number of pyridine rings is 1. The van der Waals surface area contributed by atoms with E-state index in [0.717, 1.165) is 23.6 Å². The molecule has 0 aliphatic heterocycles. The van der Waals surface area contributed by atoms with E-state index in [1.807, 2.05) is 25.3 Å². The van der Waals surface area contributed by atoms with Crippen LogP contribution in [0.25, 0.3) is 10.9 Å². The minimum Gasteiger partial charge on any atom is -0.373 e. The second-order valence-electron chi connectivity index (χ2n) is 5.18. The lowest BCUT2D eigenvalue weighted by molar-refractivity contribution is 0.787. The Hall–Kier alpha value is -2.73. The predicted molar refractivity (Wildman–Crippen MR) is 92.0 cm³/mol. The molecule has 2 heterocycles. The van der Waals surface area contributed by atoms with Crippen molar-refractivity contribution in [3.05, 3.63) is 60.0 Å². The summed E-state index contributed by atoms with van der Waals surface area (Å²) in [6, 6.07) is 14.6. The predicted octanol–water partition coefficient (Wildman–Crippen LogP) is 3.83. The maximum atomic E-state index is 4.26. The van der Waals surface area contributed by atoms with Crippen LogP contribution in [-0.4, -0.2) is 16.1 Å². The Morgan fingerprint density at radius 1 is 1.18 bits per heavy atom. The quantitative estimate of drug-likeness (QED) is 0.743. The van der Waals surface area contributed by atoms with Gasteiger partial charge in [0.2, 0.25) is 0 Å². The third kappa shape index (κ3) is 2.96. The van der Waals surface area contributed by atoms with Crippen LogP contribution >= 0.6 is 0 Å². The van der Waals surface area contributed by atoms with Crippen LogP contribution in [0.2, 0.25) is 0 Å². The zero-order chi connectivity index (χ0) is 15.4. The number of nitrogens with one attached hydrogen (secondary N) is 1. The Labute approximate surface area is 131 Å². The lowest BCUT2D eigenvalue weighted by Gasteiger charge is -2.03. The van der Waals surface area contributed by atoms with Crippen LogP contribution in [0.1, 0.15) is 18.3 Å². The maximum Gasteiger partial charge on any atom is 0.0931 e. The summed E-state index contributed by atoms with van der Waals surface area (Å²) in [6.45, 7) is 5.66. The number of fused-ring (bicyclic) bond motifs is 1. The molecule has 0 bridgehead atoms. The Bertz CT molecular complexity index is 832. The first-order valence-corrected chi connectivity index (χ1v) is 7.51. The molecule has 0 aliphatic carbocycles. The summed E-state index contributed by atoms with van der Waals surface area (Å²) < 4.78 is 2.25. The molecule has 0 atom stereocenters. The highest BCUT2D eigenvalue weighted by Gasteiger charge is 2.03. The molecule has 3 heteroatoms. The minimum absolute atomic E-state index is 0.607. The first-order valence-electron chi connectivity index (χ1n) is 7.51. The van der Waals surface area contributed by atoms with Crippen molar-refractivity contribution in [1.82, 2.24) is 9.55 Å². The van der Waals surface area contributed by atoms with Gasteiger partial charge in [0, 0.05) is 23.1 Å². The van der Waals surface area contributed by atoms with Crippen molar-refractivity contribution in [3.8, 4) is 11.8 Å². The average Bonchev–Trinajstić information content (AvgIpc) is 2.90. The number of hydrogen-bond donors (Lipinski definition) is 1. The number of rotatable bonds is 3. The van der Waals surface area contributed by atoms with Crippen LogP contribution in [-0.2, 0) is 6.54 Å². The maximum absolute atomic E-state index is 4.26. The number of hydrogen-bond acceptors (Lipinski definition) is 2. The molecule has 2 aromatic heterocycles. The fraction of sp³-hybridized carbons (Fsp3) is 0.211. The minimum atomic E-state index is 0.607. The van der Waals surface area contributed by atoms with Crippen LogP contribution in [0.4, 0.5) is 5.69 Å². The largest absolute Gasteiger partial charge is 0.373 e. The zero-order valence-corrected chi connectivity index (χ0v) is 12.9. The van der Waals surface area contributed by atoms with Crippen molar-refractivity contribution >= 4 is 16.6 Å². The monoisotopic (exact) mass is 289 g/mol. The lowest BCUT2D eigenvalue weighted by Crippen LogP contribution is -2.00. The van der Waals surface area contributed by atoms with Gasteiger partial charge in [-0.3, -0.25) is 4.98 Å². The average molecular weight is 289 g/mol. The normalized spacial score (nSPS) is 10.3. The molecule has 3 nitrogen and oxygen atoms in total. The molecule has 1 aromatic carbocycles. The van der Waals surface area contributed by atoms with Gasteiger partial charge in [0.05, 0.1) is 24.1 Å². The molecule has 0 aliphatic rings. The van der Waals surface area contributed by atoms with Crippen molar-refractivity contribution < 1.29 is 0 Å². The molecule has 0 fully saturated rings. The van der Waals surface area contributed by atoms with Crippen molar-refractivity contribution in [2.75, 3.05) is 11.9 Å². The summed E-state index contributed by atoms with van der Waals surface area (Å²) in [6.07, 6.45) is 1.83. The highest BCUT2D eigenvalue weighted by molar-refractivity contribution is 5.82. The van der Waals surface area contributed by atoms with E-state index >= 15 is 0 Å². The van der Waals surface area contributed by atoms with E-state index < -0.39 is 0 Å². The molecular weight excluding hydrogens is 270 g/mol. The third-order valence-electron chi connectivity index (χ3n) is 3.64. The van der Waals surface area contributed by atoms with Crippen molar-refractivity contribution in [2.45, 2.75) is 20.4 Å². The van der Waals surface area contributed by atoms with Gasteiger partial charge < -0.3 is 9.88 Å². The molecule has 0 radical (unpaired) electrons. The van der Waals surface area contributed by atoms with Crippen molar-refractivity contribution in [2.24, 2.45) is 0 Å². The van der Waals surface area contributed by atoms with E-state index in [9.17, 15) is 0 Å². The number of anilines is 1. The highest BCUT2D eigenvalue weighted by Crippen LogP contribution is 2.18. The van der Waals surface area contributed by atoms with Crippen LogP contribution in [0.5, 0.6) is 0 Å². The number of aryl methyl sites for hydroxylation is 2. The summed E-state index contributed by atoms with van der Waals surface area (Å²) in [7, 11) is 0. The summed E-state index contributed by atoms with van der Waals surface area (Å²) in [5.41, 5.74) is 4.32. The SMILES string of the molecule is CCn1c(C#CCNc2ccc(C)nc2)cc2ccccc21. The smallest absolute Gasteiger partial charge is 0.0931 e. The first kappa shape index (κ1) is 14.2. The Balaban J connectivity index is 1.75. The van der Waals surface area contributed by atoms with Crippen LogP contribution in [0, 0.1) is 18.8 Å². The van der Waals surface area contributed by atoms with Gasteiger partial charge in [-0.25, -0.2) is 0 Å². The molecule has 0 unspecified atom stereocenters. The molecule has 3 rings (SSSR count). The lowest BCUT2D eigenvalue weighted by atomic mass is 10.2. The summed E-state index contributed by atoms with van der Waals surface area (Å²) >= 11 is 0. The number of benzene rings is 1. The molecule has 0 saturated carbocycles. The molecule has 3 aromatic rings. The first-order chi connectivity index (χ1) is 10.8. The summed E-state index contributed by atoms with van der Waals surface area (Å²) in [5.74, 6) is 6.46. The second kappa shape index (κ2) is 6.36. The summed E-state index contributed by atoms with van der Waals surface area (Å²) in [4.78, 5) is 4.26. The van der Waals surface area contributed by atoms with E-state index in [4.69, 9.17) is 0 Å². The zero-order valence-electron chi connectivity index (χ0n) is 12.9. The number of aromatic nitrogens is 2. The van der Waals surface area contributed by atoms with E-state index in [2.05, 4.69) is 64.0 Å². The van der Waals surface area contributed by atoms with Crippen molar-refractivity contribution in [1.29, 1.82) is 0 Å². The fourth-order valence-corrected chi connectivity index (χ4v) is 2.51. The van der Waals surface area contributed by atoms with Crippen LogP contribution < -0.4 is 5.32 Å². The molecule has 22 heavy (non-hydrogen) atoms. The Morgan fingerprint density at radius 3 is 2.82 bits per heavy atom. The molecule has 1 N–H and O–H groups in total. The van der Waals surface area contributed by atoms with Crippen LogP contribution in [0.3, 0.4) is 0 Å². The van der Waals surface area contributed by atoms with Gasteiger partial charge in [0.25, 0.3) is 0 Å². The van der Waals surface area contributed by atoms with Gasteiger partial charge >= 0.3 is 0 Å². The molecule has 0 saturated heterocycles. The van der Waals surface area contributed by atoms with E-state index in [1.165, 1.54) is 10.9 Å². The highest BCUT2D eigenvalue weighted by atomic mass is 15.0. The third-order valence-corrected chi connectivity index (χ3v) is 3.64.